The maximum Gasteiger partial charge on any atom is 0.422 e. The van der Waals surface area contributed by atoms with Crippen molar-refractivity contribution in [2.75, 3.05) is 13.2 Å². The Hall–Kier alpha value is -1.54. The van der Waals surface area contributed by atoms with E-state index < -0.39 is 17.3 Å². The lowest BCUT2D eigenvalue weighted by atomic mass is 9.91. The molecule has 0 aromatic heterocycles. The van der Waals surface area contributed by atoms with Crippen LogP contribution in [-0.4, -0.2) is 59.6 Å². The van der Waals surface area contributed by atoms with Crippen molar-refractivity contribution >= 4 is 12.2 Å². The van der Waals surface area contributed by atoms with Crippen LogP contribution in [0.4, 0.5) is 9.59 Å². The van der Waals surface area contributed by atoms with E-state index in [-0.39, 0.29) is 24.2 Å². The monoisotopic (exact) mass is 357 g/mol. The molecule has 2 bridgehead atoms. The van der Waals surface area contributed by atoms with Crippen molar-refractivity contribution in [1.82, 2.24) is 15.8 Å². The Kier molecular flexibility index (Phi) is 5.83. The van der Waals surface area contributed by atoms with E-state index in [1.165, 1.54) is 0 Å². The lowest BCUT2D eigenvalue weighted by Gasteiger charge is -2.48. The zero-order chi connectivity index (χ0) is 18.8. The summed E-state index contributed by atoms with van der Waals surface area (Å²) in [7, 11) is 0. The molecule has 2 N–H and O–H groups in total. The fourth-order valence-electron chi connectivity index (χ4n) is 3.11. The van der Waals surface area contributed by atoms with Crippen LogP contribution in [0.5, 0.6) is 0 Å². The predicted octanol–water partition coefficient (Wildman–Crippen LogP) is 2.18. The van der Waals surface area contributed by atoms with E-state index in [4.69, 9.17) is 14.2 Å². The van der Waals surface area contributed by atoms with Crippen molar-refractivity contribution in [3.8, 4) is 0 Å². The van der Waals surface area contributed by atoms with Gasteiger partial charge < -0.3 is 14.2 Å². The SMILES string of the molecule is CC(C)(C)OC(=O)NNC1C[C@H]2COC[C@@H](C1)N2C(=O)OC(C)(C)C. The summed E-state index contributed by atoms with van der Waals surface area (Å²) in [6.07, 6.45) is 0.532. The molecule has 0 saturated carbocycles. The molecule has 1 unspecified atom stereocenters. The Balaban J connectivity index is 1.90. The number of hydrazine groups is 1. The average molecular weight is 357 g/mol. The third kappa shape index (κ3) is 6.04. The number of hydrogen-bond acceptors (Lipinski definition) is 6. The molecule has 25 heavy (non-hydrogen) atoms. The van der Waals surface area contributed by atoms with E-state index in [0.29, 0.717) is 26.1 Å². The van der Waals surface area contributed by atoms with Gasteiger partial charge in [0.25, 0.3) is 0 Å². The zero-order valence-corrected chi connectivity index (χ0v) is 16.0. The third-order valence-electron chi connectivity index (χ3n) is 3.90. The van der Waals surface area contributed by atoms with Gasteiger partial charge in [0.05, 0.1) is 25.3 Å². The minimum atomic E-state index is -0.545. The smallest absolute Gasteiger partial charge is 0.422 e. The van der Waals surface area contributed by atoms with Crippen LogP contribution >= 0.6 is 0 Å². The first-order chi connectivity index (χ1) is 11.4. The number of morpholine rings is 1. The molecule has 0 aromatic carbocycles. The van der Waals surface area contributed by atoms with Gasteiger partial charge in [0.1, 0.15) is 11.2 Å². The lowest BCUT2D eigenvalue weighted by molar-refractivity contribution is -0.0852. The van der Waals surface area contributed by atoms with Crippen LogP contribution in [-0.2, 0) is 14.2 Å². The number of amides is 2. The maximum absolute atomic E-state index is 12.5. The van der Waals surface area contributed by atoms with Crippen LogP contribution < -0.4 is 10.9 Å². The van der Waals surface area contributed by atoms with Crippen molar-refractivity contribution < 1.29 is 23.8 Å². The van der Waals surface area contributed by atoms with Crippen LogP contribution in [0.15, 0.2) is 0 Å². The quantitative estimate of drug-likeness (QED) is 0.737. The summed E-state index contributed by atoms with van der Waals surface area (Å²) in [6.45, 7) is 12.0. The average Bonchev–Trinajstić information content (AvgIpc) is 2.40. The highest BCUT2D eigenvalue weighted by atomic mass is 16.6. The molecule has 144 valence electrons. The molecular formula is C17H31N3O5. The van der Waals surface area contributed by atoms with Crippen molar-refractivity contribution in [2.45, 2.75) is 83.7 Å². The van der Waals surface area contributed by atoms with Gasteiger partial charge in [-0.25, -0.2) is 15.0 Å². The van der Waals surface area contributed by atoms with Gasteiger partial charge in [-0.15, -0.1) is 0 Å². The molecule has 0 radical (unpaired) electrons. The van der Waals surface area contributed by atoms with Crippen LogP contribution in [0, 0.1) is 0 Å². The number of fused-ring (bicyclic) bond motifs is 2. The Morgan fingerprint density at radius 1 is 0.960 bits per heavy atom. The molecule has 3 atom stereocenters. The van der Waals surface area contributed by atoms with Crippen LogP contribution in [0.3, 0.4) is 0 Å². The number of rotatable bonds is 2. The van der Waals surface area contributed by atoms with Crippen LogP contribution in [0.1, 0.15) is 54.4 Å². The molecule has 2 amide bonds. The molecule has 2 saturated heterocycles. The summed E-state index contributed by atoms with van der Waals surface area (Å²) in [5.41, 5.74) is 4.54. The second kappa shape index (κ2) is 7.37. The van der Waals surface area contributed by atoms with Gasteiger partial charge in [0, 0.05) is 6.04 Å². The molecule has 2 aliphatic heterocycles. The van der Waals surface area contributed by atoms with Crippen molar-refractivity contribution in [2.24, 2.45) is 0 Å². The van der Waals surface area contributed by atoms with E-state index >= 15 is 0 Å². The number of hydrogen-bond donors (Lipinski definition) is 2. The van der Waals surface area contributed by atoms with E-state index in [1.807, 2.05) is 41.5 Å². The predicted molar refractivity (Wildman–Crippen MR) is 92.0 cm³/mol. The molecule has 2 rings (SSSR count). The molecule has 0 aliphatic carbocycles. The summed E-state index contributed by atoms with van der Waals surface area (Å²) in [4.78, 5) is 26.1. The second-order valence-electron chi connectivity index (χ2n) is 8.67. The molecule has 8 nitrogen and oxygen atoms in total. The fraction of sp³-hybridized carbons (Fsp3) is 0.882. The summed E-state index contributed by atoms with van der Waals surface area (Å²) in [6, 6.07) is -0.0920. The molecule has 2 aliphatic rings. The molecule has 2 heterocycles. The number of nitrogens with one attached hydrogen (secondary N) is 2. The molecule has 0 aromatic rings. The van der Waals surface area contributed by atoms with Crippen LogP contribution in [0.25, 0.3) is 0 Å². The van der Waals surface area contributed by atoms with Gasteiger partial charge in [0.2, 0.25) is 0 Å². The van der Waals surface area contributed by atoms with Crippen molar-refractivity contribution in [1.29, 1.82) is 0 Å². The molecule has 2 fully saturated rings. The molecule has 0 spiro atoms. The van der Waals surface area contributed by atoms with Gasteiger partial charge in [-0.3, -0.25) is 10.3 Å². The van der Waals surface area contributed by atoms with E-state index in [1.54, 1.807) is 4.90 Å². The van der Waals surface area contributed by atoms with Crippen molar-refractivity contribution in [3.05, 3.63) is 0 Å². The first kappa shape index (κ1) is 19.8. The number of nitrogens with zero attached hydrogens (tertiary/aromatic N) is 1. The van der Waals surface area contributed by atoms with E-state index in [0.717, 1.165) is 0 Å². The number of ether oxygens (including phenoxy) is 3. The normalized spacial score (nSPS) is 26.8. The van der Waals surface area contributed by atoms with Gasteiger partial charge in [0.15, 0.2) is 0 Å². The summed E-state index contributed by atoms with van der Waals surface area (Å²) in [5.74, 6) is 0. The summed E-state index contributed by atoms with van der Waals surface area (Å²) in [5, 5.41) is 0. The minimum absolute atomic E-state index is 0.0464. The van der Waals surface area contributed by atoms with Gasteiger partial charge in [-0.05, 0) is 54.4 Å². The lowest BCUT2D eigenvalue weighted by Crippen LogP contribution is -2.64. The topological polar surface area (TPSA) is 89.1 Å². The minimum Gasteiger partial charge on any atom is -0.444 e. The zero-order valence-electron chi connectivity index (χ0n) is 16.0. The number of carbonyl (C=O) groups excluding carboxylic acids is 2. The largest absolute Gasteiger partial charge is 0.444 e. The van der Waals surface area contributed by atoms with Crippen LogP contribution in [0.2, 0.25) is 0 Å². The first-order valence-electron chi connectivity index (χ1n) is 8.78. The van der Waals surface area contributed by atoms with Gasteiger partial charge in [-0.2, -0.15) is 0 Å². The second-order valence-corrected chi connectivity index (χ2v) is 8.67. The number of carbonyl (C=O) groups is 2. The standard InChI is InChI=1S/C17H31N3O5/c1-16(2,3)24-14(21)19-18-11-7-12-9-23-10-13(8-11)20(12)15(22)25-17(4,5)6/h11-13,18H,7-10H2,1-6H3,(H,19,21)/t11?,12-,13+. The Labute approximate surface area is 149 Å². The highest BCUT2D eigenvalue weighted by molar-refractivity contribution is 5.69. The summed E-state index contributed by atoms with van der Waals surface area (Å²) < 4.78 is 16.3. The Morgan fingerprint density at radius 3 is 1.96 bits per heavy atom. The molecular weight excluding hydrogens is 326 g/mol. The number of piperidine rings is 1. The maximum atomic E-state index is 12.5. The van der Waals surface area contributed by atoms with Crippen molar-refractivity contribution in [3.63, 3.8) is 0 Å². The van der Waals surface area contributed by atoms with E-state index in [9.17, 15) is 9.59 Å². The van der Waals surface area contributed by atoms with Gasteiger partial charge in [-0.1, -0.05) is 0 Å². The summed E-state index contributed by atoms with van der Waals surface area (Å²) >= 11 is 0. The Morgan fingerprint density at radius 2 is 1.48 bits per heavy atom. The first-order valence-corrected chi connectivity index (χ1v) is 8.78. The fourth-order valence-corrected chi connectivity index (χ4v) is 3.11. The van der Waals surface area contributed by atoms with Gasteiger partial charge >= 0.3 is 12.2 Å². The Bertz CT molecular complexity index is 483. The third-order valence-corrected chi connectivity index (χ3v) is 3.90. The highest BCUT2D eigenvalue weighted by Gasteiger charge is 2.43. The molecule has 8 heteroatoms. The van der Waals surface area contributed by atoms with E-state index in [2.05, 4.69) is 10.9 Å². The highest BCUT2D eigenvalue weighted by Crippen LogP contribution is 2.29.